The van der Waals surface area contributed by atoms with Gasteiger partial charge in [0.15, 0.2) is 0 Å². The number of nitrogens with one attached hydrogen (secondary N) is 1. The Morgan fingerprint density at radius 1 is 1.39 bits per heavy atom. The standard InChI is InChI=1S/C11H16ClNO4S/c1-8(2)7-17-13-18(14,15)11-5-4-9(12)6-10(11)16-3/h4-6,8,13H,7H2,1-3H3. The molecule has 0 saturated heterocycles. The smallest absolute Gasteiger partial charge is 0.266 e. The molecule has 1 N–H and O–H groups in total. The molecule has 0 aromatic heterocycles. The van der Waals surface area contributed by atoms with E-state index >= 15 is 0 Å². The lowest BCUT2D eigenvalue weighted by atomic mass is 10.2. The zero-order valence-corrected chi connectivity index (χ0v) is 12.0. The molecule has 1 rings (SSSR count). The summed E-state index contributed by atoms with van der Waals surface area (Å²) >= 11 is 5.77. The minimum atomic E-state index is -3.77. The van der Waals surface area contributed by atoms with Crippen LogP contribution in [-0.2, 0) is 14.9 Å². The van der Waals surface area contributed by atoms with E-state index in [1.165, 1.54) is 25.3 Å². The van der Waals surface area contributed by atoms with E-state index in [0.29, 0.717) is 5.02 Å². The summed E-state index contributed by atoms with van der Waals surface area (Å²) in [6, 6.07) is 4.27. The number of rotatable bonds is 6. The predicted octanol–water partition coefficient (Wildman–Crippen LogP) is 2.21. The van der Waals surface area contributed by atoms with Crippen LogP contribution in [-0.4, -0.2) is 22.1 Å². The quantitative estimate of drug-likeness (QED) is 0.817. The molecule has 0 fully saturated rings. The number of ether oxygens (including phenoxy) is 1. The zero-order valence-electron chi connectivity index (χ0n) is 10.4. The Morgan fingerprint density at radius 3 is 2.61 bits per heavy atom. The van der Waals surface area contributed by atoms with Gasteiger partial charge in [-0.3, -0.25) is 4.84 Å². The third-order valence-electron chi connectivity index (χ3n) is 2.00. The van der Waals surface area contributed by atoms with Crippen molar-refractivity contribution in [1.82, 2.24) is 4.89 Å². The van der Waals surface area contributed by atoms with E-state index in [2.05, 4.69) is 0 Å². The highest BCUT2D eigenvalue weighted by Crippen LogP contribution is 2.26. The van der Waals surface area contributed by atoms with Gasteiger partial charge in [0, 0.05) is 11.1 Å². The van der Waals surface area contributed by atoms with Gasteiger partial charge in [-0.1, -0.05) is 30.3 Å². The van der Waals surface area contributed by atoms with Gasteiger partial charge in [-0.25, -0.2) is 8.42 Å². The summed E-state index contributed by atoms with van der Waals surface area (Å²) < 4.78 is 28.9. The molecule has 1 aromatic rings. The third-order valence-corrected chi connectivity index (χ3v) is 3.49. The first-order chi connectivity index (χ1) is 8.36. The Hall–Kier alpha value is -0.820. The SMILES string of the molecule is COc1cc(Cl)ccc1S(=O)(=O)NOCC(C)C. The lowest BCUT2D eigenvalue weighted by molar-refractivity contribution is 0.0717. The van der Waals surface area contributed by atoms with Crippen molar-refractivity contribution in [3.8, 4) is 5.75 Å². The summed E-state index contributed by atoms with van der Waals surface area (Å²) in [5.41, 5.74) is 0. The van der Waals surface area contributed by atoms with Crippen molar-refractivity contribution in [1.29, 1.82) is 0 Å². The Balaban J connectivity index is 2.91. The van der Waals surface area contributed by atoms with Gasteiger partial charge in [-0.2, -0.15) is 0 Å². The van der Waals surface area contributed by atoms with Crippen LogP contribution < -0.4 is 9.62 Å². The van der Waals surface area contributed by atoms with Crippen LogP contribution in [0.2, 0.25) is 5.02 Å². The number of benzene rings is 1. The Bertz CT molecular complexity index is 502. The average molecular weight is 294 g/mol. The lowest BCUT2D eigenvalue weighted by Gasteiger charge is -2.11. The molecule has 0 aliphatic heterocycles. The van der Waals surface area contributed by atoms with Crippen LogP contribution in [0, 0.1) is 5.92 Å². The number of hydrogen-bond acceptors (Lipinski definition) is 4. The van der Waals surface area contributed by atoms with Crippen LogP contribution in [0.5, 0.6) is 5.75 Å². The molecule has 5 nitrogen and oxygen atoms in total. The topological polar surface area (TPSA) is 64.6 Å². The summed E-state index contributed by atoms with van der Waals surface area (Å²) in [5, 5.41) is 0.397. The fourth-order valence-corrected chi connectivity index (χ4v) is 2.32. The van der Waals surface area contributed by atoms with Gasteiger partial charge in [0.25, 0.3) is 10.0 Å². The first-order valence-electron chi connectivity index (χ1n) is 5.34. The Labute approximate surface area is 112 Å². The van der Waals surface area contributed by atoms with Gasteiger partial charge >= 0.3 is 0 Å². The van der Waals surface area contributed by atoms with Gasteiger partial charge in [-0.05, 0) is 18.1 Å². The van der Waals surface area contributed by atoms with Gasteiger partial charge in [-0.15, -0.1) is 0 Å². The molecule has 0 bridgehead atoms. The predicted molar refractivity (Wildman–Crippen MR) is 69.1 cm³/mol. The van der Waals surface area contributed by atoms with Crippen LogP contribution in [0.15, 0.2) is 23.1 Å². The van der Waals surface area contributed by atoms with Gasteiger partial charge in [0.2, 0.25) is 0 Å². The molecule has 18 heavy (non-hydrogen) atoms. The monoisotopic (exact) mass is 293 g/mol. The van der Waals surface area contributed by atoms with Crippen molar-refractivity contribution in [2.24, 2.45) is 5.92 Å². The molecule has 0 aliphatic carbocycles. The molecule has 0 unspecified atom stereocenters. The molecule has 0 amide bonds. The largest absolute Gasteiger partial charge is 0.495 e. The van der Waals surface area contributed by atoms with E-state index in [9.17, 15) is 8.42 Å². The van der Waals surface area contributed by atoms with Crippen molar-refractivity contribution in [2.45, 2.75) is 18.7 Å². The van der Waals surface area contributed by atoms with Crippen molar-refractivity contribution < 1.29 is 18.0 Å². The number of halogens is 1. The average Bonchev–Trinajstić information content (AvgIpc) is 2.27. The highest BCUT2D eigenvalue weighted by Gasteiger charge is 2.20. The first-order valence-corrected chi connectivity index (χ1v) is 7.20. The van der Waals surface area contributed by atoms with Crippen molar-refractivity contribution >= 4 is 21.6 Å². The molecular weight excluding hydrogens is 278 g/mol. The molecule has 0 atom stereocenters. The van der Waals surface area contributed by atoms with Crippen molar-refractivity contribution in [3.05, 3.63) is 23.2 Å². The maximum absolute atomic E-state index is 11.9. The molecule has 0 spiro atoms. The van der Waals surface area contributed by atoms with Crippen LogP contribution in [0.25, 0.3) is 0 Å². The van der Waals surface area contributed by atoms with E-state index in [1.807, 2.05) is 18.7 Å². The second-order valence-corrected chi connectivity index (χ2v) is 6.14. The normalized spacial score (nSPS) is 11.8. The van der Waals surface area contributed by atoms with Gasteiger partial charge < -0.3 is 4.74 Å². The lowest BCUT2D eigenvalue weighted by Crippen LogP contribution is -2.26. The molecule has 0 saturated carbocycles. The molecule has 0 heterocycles. The Kier molecular flexibility index (Phi) is 5.40. The fourth-order valence-electron chi connectivity index (χ4n) is 1.19. The summed E-state index contributed by atoms with van der Waals surface area (Å²) in [6.07, 6.45) is 0. The molecule has 1 aromatic carbocycles. The minimum absolute atomic E-state index is 0.0156. The summed E-state index contributed by atoms with van der Waals surface area (Å²) in [4.78, 5) is 6.95. The maximum atomic E-state index is 11.9. The van der Waals surface area contributed by atoms with E-state index in [-0.39, 0.29) is 23.2 Å². The highest BCUT2D eigenvalue weighted by molar-refractivity contribution is 7.89. The van der Waals surface area contributed by atoms with E-state index in [0.717, 1.165) is 0 Å². The van der Waals surface area contributed by atoms with Crippen LogP contribution >= 0.6 is 11.6 Å². The van der Waals surface area contributed by atoms with Gasteiger partial charge in [0.05, 0.1) is 13.7 Å². The van der Waals surface area contributed by atoms with Crippen LogP contribution in [0.3, 0.4) is 0 Å². The minimum Gasteiger partial charge on any atom is -0.495 e. The molecule has 7 heteroatoms. The summed E-state index contributed by atoms with van der Waals surface area (Å²) in [6.45, 7) is 4.11. The molecule has 102 valence electrons. The third kappa shape index (κ3) is 4.13. The first kappa shape index (κ1) is 15.2. The maximum Gasteiger partial charge on any atom is 0.266 e. The second kappa shape index (κ2) is 6.38. The number of hydrogen-bond donors (Lipinski definition) is 1. The number of sulfonamides is 1. The number of methoxy groups -OCH3 is 1. The molecular formula is C11H16ClNO4S. The summed E-state index contributed by atoms with van der Waals surface area (Å²) in [5.74, 6) is 0.392. The van der Waals surface area contributed by atoms with Crippen molar-refractivity contribution in [3.63, 3.8) is 0 Å². The van der Waals surface area contributed by atoms with E-state index in [1.54, 1.807) is 0 Å². The second-order valence-electron chi connectivity index (χ2n) is 4.09. The van der Waals surface area contributed by atoms with E-state index in [4.69, 9.17) is 21.2 Å². The zero-order chi connectivity index (χ0) is 13.8. The fraction of sp³-hybridized carbons (Fsp3) is 0.455. The van der Waals surface area contributed by atoms with Crippen LogP contribution in [0.1, 0.15) is 13.8 Å². The summed E-state index contributed by atoms with van der Waals surface area (Å²) in [7, 11) is -2.40. The van der Waals surface area contributed by atoms with Gasteiger partial charge in [0.1, 0.15) is 10.6 Å². The van der Waals surface area contributed by atoms with Crippen molar-refractivity contribution in [2.75, 3.05) is 13.7 Å². The highest BCUT2D eigenvalue weighted by atomic mass is 35.5. The molecule has 0 radical (unpaired) electrons. The van der Waals surface area contributed by atoms with Crippen LogP contribution in [0.4, 0.5) is 0 Å². The van der Waals surface area contributed by atoms with E-state index < -0.39 is 10.0 Å². The molecule has 0 aliphatic rings. The Morgan fingerprint density at radius 2 is 2.06 bits per heavy atom.